The standard InChI is InChI=1S/C12H16N2.C12H13NO/c1-9-6-11(12(2,3)8-14)5-4-10(9)7-13;1-9-6-11(12(2,3)8-13)5-4-10(9)7-14/h4-6H,7,13H2,1-3H3;4-7H,1-3H3. The summed E-state index contributed by atoms with van der Waals surface area (Å²) in [6.45, 7) is 12.0. The number of nitrogens with zero attached hydrogens (tertiary/aromatic N) is 2. The van der Waals surface area contributed by atoms with Crippen LogP contribution in [0.5, 0.6) is 0 Å². The Kier molecular flexibility index (Phi) is 7.68. The molecule has 146 valence electrons. The highest BCUT2D eigenvalue weighted by Crippen LogP contribution is 2.25. The van der Waals surface area contributed by atoms with Crippen molar-refractivity contribution in [2.24, 2.45) is 5.73 Å². The number of carbonyl (C=O) groups is 1. The molecule has 0 aliphatic heterocycles. The molecule has 0 aliphatic rings. The van der Waals surface area contributed by atoms with Crippen molar-refractivity contribution in [3.63, 3.8) is 0 Å². The molecule has 0 atom stereocenters. The Morgan fingerprint density at radius 2 is 1.36 bits per heavy atom. The average Bonchev–Trinajstić information content (AvgIpc) is 2.68. The third-order valence-corrected chi connectivity index (χ3v) is 4.96. The molecule has 0 unspecified atom stereocenters. The fourth-order valence-corrected chi connectivity index (χ4v) is 2.64. The van der Waals surface area contributed by atoms with E-state index in [-0.39, 0.29) is 0 Å². The monoisotopic (exact) mass is 375 g/mol. The molecule has 0 spiro atoms. The van der Waals surface area contributed by atoms with E-state index in [2.05, 4.69) is 12.1 Å². The van der Waals surface area contributed by atoms with Gasteiger partial charge in [-0.25, -0.2) is 0 Å². The Balaban J connectivity index is 0.000000280. The van der Waals surface area contributed by atoms with Crippen LogP contribution in [0.3, 0.4) is 0 Å². The van der Waals surface area contributed by atoms with E-state index in [1.165, 1.54) is 0 Å². The van der Waals surface area contributed by atoms with Gasteiger partial charge < -0.3 is 5.73 Å². The van der Waals surface area contributed by atoms with Gasteiger partial charge in [0, 0.05) is 12.1 Å². The minimum atomic E-state index is -0.494. The second-order valence-electron chi connectivity index (χ2n) is 8.01. The van der Waals surface area contributed by atoms with Crippen LogP contribution in [0.1, 0.15) is 65.9 Å². The van der Waals surface area contributed by atoms with Gasteiger partial charge in [0.25, 0.3) is 0 Å². The van der Waals surface area contributed by atoms with E-state index in [9.17, 15) is 4.79 Å². The predicted octanol–water partition coefficient (Wildman–Crippen LogP) is 4.86. The number of nitriles is 2. The lowest BCUT2D eigenvalue weighted by Crippen LogP contribution is -2.14. The van der Waals surface area contributed by atoms with Crippen LogP contribution in [-0.2, 0) is 17.4 Å². The molecule has 0 heterocycles. The minimum absolute atomic E-state index is 0.419. The number of aldehydes is 1. The zero-order chi connectivity index (χ0) is 21.5. The van der Waals surface area contributed by atoms with Crippen LogP contribution in [0.4, 0.5) is 0 Å². The molecule has 2 N–H and O–H groups in total. The Bertz CT molecular complexity index is 928. The highest BCUT2D eigenvalue weighted by Gasteiger charge is 2.20. The summed E-state index contributed by atoms with van der Waals surface area (Å²) in [6, 6.07) is 16.1. The van der Waals surface area contributed by atoms with Crippen molar-refractivity contribution in [1.82, 2.24) is 0 Å². The second-order valence-corrected chi connectivity index (χ2v) is 8.01. The highest BCUT2D eigenvalue weighted by molar-refractivity contribution is 5.77. The van der Waals surface area contributed by atoms with Gasteiger partial charge in [0.05, 0.1) is 23.0 Å². The van der Waals surface area contributed by atoms with Gasteiger partial charge in [-0.3, -0.25) is 4.79 Å². The summed E-state index contributed by atoms with van der Waals surface area (Å²) in [7, 11) is 0. The highest BCUT2D eigenvalue weighted by atomic mass is 16.1. The first-order valence-corrected chi connectivity index (χ1v) is 9.21. The van der Waals surface area contributed by atoms with Gasteiger partial charge in [0.15, 0.2) is 0 Å². The minimum Gasteiger partial charge on any atom is -0.326 e. The molecule has 0 amide bonds. The summed E-state index contributed by atoms with van der Waals surface area (Å²) < 4.78 is 0. The Labute approximate surface area is 168 Å². The van der Waals surface area contributed by atoms with Gasteiger partial charge in [-0.05, 0) is 69.4 Å². The summed E-state index contributed by atoms with van der Waals surface area (Å²) in [5.41, 5.74) is 10.6. The van der Waals surface area contributed by atoms with Gasteiger partial charge in [-0.2, -0.15) is 10.5 Å². The van der Waals surface area contributed by atoms with E-state index in [0.717, 1.165) is 34.1 Å². The summed E-state index contributed by atoms with van der Waals surface area (Å²) in [4.78, 5) is 10.6. The maximum atomic E-state index is 10.6. The molecule has 2 rings (SSSR count). The maximum Gasteiger partial charge on any atom is 0.150 e. The molecular weight excluding hydrogens is 346 g/mol. The number of hydrogen-bond acceptors (Lipinski definition) is 4. The van der Waals surface area contributed by atoms with Crippen molar-refractivity contribution in [2.75, 3.05) is 0 Å². The molecule has 4 nitrogen and oxygen atoms in total. The Morgan fingerprint density at radius 1 is 0.893 bits per heavy atom. The SMILES string of the molecule is Cc1cc(C(C)(C)C#N)ccc1C=O.Cc1cc(C(C)(C)C#N)ccc1CN. The molecule has 0 aromatic heterocycles. The van der Waals surface area contributed by atoms with Crippen LogP contribution >= 0.6 is 0 Å². The van der Waals surface area contributed by atoms with Crippen LogP contribution in [0.2, 0.25) is 0 Å². The quantitative estimate of drug-likeness (QED) is 0.772. The summed E-state index contributed by atoms with van der Waals surface area (Å²) >= 11 is 0. The van der Waals surface area contributed by atoms with E-state index in [1.54, 1.807) is 6.07 Å². The number of benzene rings is 2. The van der Waals surface area contributed by atoms with Crippen molar-refractivity contribution in [1.29, 1.82) is 10.5 Å². The first kappa shape index (κ1) is 23.1. The molecule has 4 heteroatoms. The van der Waals surface area contributed by atoms with Gasteiger partial charge in [0.1, 0.15) is 6.29 Å². The lowest BCUT2D eigenvalue weighted by molar-refractivity contribution is 0.112. The molecule has 0 aliphatic carbocycles. The van der Waals surface area contributed by atoms with Crippen molar-refractivity contribution in [2.45, 2.75) is 58.9 Å². The maximum absolute atomic E-state index is 10.6. The van der Waals surface area contributed by atoms with Crippen LogP contribution in [0.25, 0.3) is 0 Å². The normalized spacial score (nSPS) is 10.9. The Hall–Kier alpha value is -2.95. The van der Waals surface area contributed by atoms with Crippen molar-refractivity contribution in [3.8, 4) is 12.1 Å². The molecule has 2 aromatic carbocycles. The molecule has 28 heavy (non-hydrogen) atoms. The fourth-order valence-electron chi connectivity index (χ4n) is 2.64. The first-order chi connectivity index (χ1) is 13.0. The molecule has 2 aromatic rings. The molecule has 0 fully saturated rings. The molecule has 0 saturated carbocycles. The number of carbonyl (C=O) groups excluding carboxylic acids is 1. The van der Waals surface area contributed by atoms with Gasteiger partial charge >= 0.3 is 0 Å². The van der Waals surface area contributed by atoms with E-state index >= 15 is 0 Å². The third-order valence-electron chi connectivity index (χ3n) is 4.96. The first-order valence-electron chi connectivity index (χ1n) is 9.21. The largest absolute Gasteiger partial charge is 0.326 e. The zero-order valence-corrected chi connectivity index (χ0v) is 17.6. The zero-order valence-electron chi connectivity index (χ0n) is 17.6. The molecule has 0 radical (unpaired) electrons. The lowest BCUT2D eigenvalue weighted by atomic mass is 9.85. The summed E-state index contributed by atoms with van der Waals surface area (Å²) in [6.07, 6.45) is 0.832. The lowest BCUT2D eigenvalue weighted by Gasteiger charge is -2.17. The van der Waals surface area contributed by atoms with Gasteiger partial charge in [0.2, 0.25) is 0 Å². The van der Waals surface area contributed by atoms with Crippen LogP contribution < -0.4 is 5.73 Å². The van der Waals surface area contributed by atoms with E-state index in [4.69, 9.17) is 16.3 Å². The van der Waals surface area contributed by atoms with Crippen molar-refractivity contribution >= 4 is 6.29 Å². The Morgan fingerprint density at radius 3 is 1.71 bits per heavy atom. The molecule has 0 saturated heterocycles. The smallest absolute Gasteiger partial charge is 0.150 e. The topological polar surface area (TPSA) is 90.7 Å². The van der Waals surface area contributed by atoms with E-state index in [1.807, 2.05) is 71.9 Å². The molecule has 0 bridgehead atoms. The van der Waals surface area contributed by atoms with Crippen LogP contribution in [0.15, 0.2) is 36.4 Å². The predicted molar refractivity (Wildman–Crippen MR) is 113 cm³/mol. The number of rotatable bonds is 4. The number of aryl methyl sites for hydroxylation is 2. The fraction of sp³-hybridized carbons (Fsp3) is 0.375. The average molecular weight is 376 g/mol. The number of nitrogens with two attached hydrogens (primary N) is 1. The summed E-state index contributed by atoms with van der Waals surface area (Å²) in [5, 5.41) is 17.9. The van der Waals surface area contributed by atoms with E-state index in [0.29, 0.717) is 12.1 Å². The number of hydrogen-bond donors (Lipinski definition) is 1. The third kappa shape index (κ3) is 5.52. The van der Waals surface area contributed by atoms with Crippen molar-refractivity contribution in [3.05, 3.63) is 69.8 Å². The van der Waals surface area contributed by atoms with Gasteiger partial charge in [-0.1, -0.05) is 36.4 Å². The van der Waals surface area contributed by atoms with Crippen LogP contribution in [-0.4, -0.2) is 6.29 Å². The second kappa shape index (κ2) is 9.31. The van der Waals surface area contributed by atoms with Gasteiger partial charge in [-0.15, -0.1) is 0 Å². The van der Waals surface area contributed by atoms with E-state index < -0.39 is 10.8 Å². The summed E-state index contributed by atoms with van der Waals surface area (Å²) in [5.74, 6) is 0. The molecular formula is C24H29N3O. The van der Waals surface area contributed by atoms with Crippen LogP contribution in [0, 0.1) is 36.5 Å². The van der Waals surface area contributed by atoms with Crippen molar-refractivity contribution < 1.29 is 4.79 Å².